The predicted octanol–water partition coefficient (Wildman–Crippen LogP) is 2.77. The van der Waals surface area contributed by atoms with Gasteiger partial charge in [-0.1, -0.05) is 49.6 Å². The van der Waals surface area contributed by atoms with Crippen LogP contribution in [-0.4, -0.2) is 30.2 Å². The minimum Gasteiger partial charge on any atom is -0.481 e. The maximum Gasteiger partial charge on any atom is 0.309 e. The molecule has 128 valence electrons. The van der Waals surface area contributed by atoms with E-state index in [1.165, 1.54) is 39.2 Å². The Morgan fingerprint density at radius 1 is 1.22 bits per heavy atom. The van der Waals surface area contributed by atoms with Gasteiger partial charge in [-0.3, -0.25) is 9.59 Å². The van der Waals surface area contributed by atoms with Crippen LogP contribution >= 0.6 is 0 Å². The first-order valence-corrected chi connectivity index (χ1v) is 8.12. The number of methoxy groups -OCH3 is 1. The van der Waals surface area contributed by atoms with Crippen LogP contribution in [0, 0.1) is 5.92 Å². The molecule has 1 saturated carbocycles. The first kappa shape index (κ1) is 19.2. The summed E-state index contributed by atoms with van der Waals surface area (Å²) in [7, 11) is 1.27. The van der Waals surface area contributed by atoms with Gasteiger partial charge in [0, 0.05) is 6.04 Å². The molecular formula is C18H27NO4. The summed E-state index contributed by atoms with van der Waals surface area (Å²) in [4.78, 5) is 22.0. The highest BCUT2D eigenvalue weighted by atomic mass is 16.5. The van der Waals surface area contributed by atoms with Crippen molar-refractivity contribution in [2.45, 2.75) is 51.0 Å². The lowest BCUT2D eigenvalue weighted by molar-refractivity contribution is -0.150. The quantitative estimate of drug-likeness (QED) is 0.814. The van der Waals surface area contributed by atoms with Crippen LogP contribution in [0.4, 0.5) is 0 Å². The number of esters is 1. The number of rotatable bonds is 5. The van der Waals surface area contributed by atoms with Gasteiger partial charge in [-0.05, 0) is 24.8 Å². The predicted molar refractivity (Wildman–Crippen MR) is 89.0 cm³/mol. The Bertz CT molecular complexity index is 469. The van der Waals surface area contributed by atoms with Crippen LogP contribution in [0.2, 0.25) is 0 Å². The molecule has 5 nitrogen and oxygen atoms in total. The molecule has 0 bridgehead atoms. The first-order valence-electron chi connectivity index (χ1n) is 8.12. The van der Waals surface area contributed by atoms with Gasteiger partial charge in [0.15, 0.2) is 0 Å². The maximum absolute atomic E-state index is 11.4. The van der Waals surface area contributed by atoms with Crippen LogP contribution in [-0.2, 0) is 20.7 Å². The Morgan fingerprint density at radius 2 is 1.83 bits per heavy atom. The minimum atomic E-state index is -0.994. The van der Waals surface area contributed by atoms with E-state index in [0.29, 0.717) is 12.5 Å². The number of aliphatic carboxylic acids is 1. The molecule has 3 N–H and O–H groups in total. The van der Waals surface area contributed by atoms with Gasteiger partial charge in [-0.2, -0.15) is 0 Å². The van der Waals surface area contributed by atoms with Gasteiger partial charge in [-0.15, -0.1) is 0 Å². The van der Waals surface area contributed by atoms with Gasteiger partial charge in [0.25, 0.3) is 0 Å². The number of hydrogen-bond acceptors (Lipinski definition) is 4. The van der Waals surface area contributed by atoms with Gasteiger partial charge in [0.05, 0.1) is 19.4 Å². The molecule has 1 aliphatic carbocycles. The van der Waals surface area contributed by atoms with Crippen LogP contribution in [0.15, 0.2) is 30.3 Å². The fraction of sp³-hybridized carbons (Fsp3) is 0.556. The molecule has 0 radical (unpaired) electrons. The molecule has 2 rings (SSSR count). The fourth-order valence-electron chi connectivity index (χ4n) is 2.65. The number of benzene rings is 1. The molecule has 0 unspecified atom stereocenters. The molecule has 0 aliphatic heterocycles. The molecule has 5 heteroatoms. The van der Waals surface area contributed by atoms with E-state index in [9.17, 15) is 9.59 Å². The lowest BCUT2D eigenvalue weighted by atomic mass is 9.96. The van der Waals surface area contributed by atoms with E-state index < -0.39 is 17.9 Å². The molecule has 1 aromatic rings. The molecule has 0 saturated heterocycles. The highest BCUT2D eigenvalue weighted by molar-refractivity contribution is 5.79. The third-order valence-electron chi connectivity index (χ3n) is 3.93. The first-order chi connectivity index (χ1) is 11.0. The third kappa shape index (κ3) is 8.35. The number of carbonyl (C=O) groups is 2. The average Bonchev–Trinajstić information content (AvgIpc) is 2.55. The molecule has 1 atom stereocenters. The monoisotopic (exact) mass is 321 g/mol. The van der Waals surface area contributed by atoms with Crippen molar-refractivity contribution < 1.29 is 19.4 Å². The van der Waals surface area contributed by atoms with E-state index in [1.54, 1.807) is 0 Å². The molecule has 1 aliphatic rings. The van der Waals surface area contributed by atoms with E-state index >= 15 is 0 Å². The van der Waals surface area contributed by atoms with Gasteiger partial charge in [-0.25, -0.2) is 0 Å². The minimum absolute atomic E-state index is 0.207. The van der Waals surface area contributed by atoms with E-state index in [2.05, 4.69) is 4.74 Å². The number of carboxylic acids is 1. The van der Waals surface area contributed by atoms with Crippen molar-refractivity contribution in [3.8, 4) is 0 Å². The van der Waals surface area contributed by atoms with Crippen molar-refractivity contribution in [2.75, 3.05) is 7.11 Å². The largest absolute Gasteiger partial charge is 0.481 e. The van der Waals surface area contributed by atoms with Gasteiger partial charge >= 0.3 is 11.9 Å². The summed E-state index contributed by atoms with van der Waals surface area (Å²) in [6.07, 6.45) is 6.84. The van der Waals surface area contributed by atoms with Crippen molar-refractivity contribution in [1.29, 1.82) is 0 Å². The number of carbonyl (C=O) groups excluding carboxylic acids is 1. The summed E-state index contributed by atoms with van der Waals surface area (Å²) in [5.41, 5.74) is 6.56. The summed E-state index contributed by atoms with van der Waals surface area (Å²) >= 11 is 0. The Morgan fingerprint density at radius 3 is 2.26 bits per heavy atom. The second-order valence-electron chi connectivity index (χ2n) is 5.91. The fourth-order valence-corrected chi connectivity index (χ4v) is 2.65. The Hall–Kier alpha value is -1.88. The van der Waals surface area contributed by atoms with E-state index in [-0.39, 0.29) is 6.42 Å². The number of carboxylic acid groups (broad SMARTS) is 1. The summed E-state index contributed by atoms with van der Waals surface area (Å²) in [6, 6.07) is 9.83. The second kappa shape index (κ2) is 10.8. The molecule has 23 heavy (non-hydrogen) atoms. The van der Waals surface area contributed by atoms with Crippen molar-refractivity contribution in [3.63, 3.8) is 0 Å². The zero-order valence-electron chi connectivity index (χ0n) is 13.7. The molecule has 0 spiro atoms. The molecular weight excluding hydrogens is 294 g/mol. The van der Waals surface area contributed by atoms with Crippen molar-refractivity contribution in [1.82, 2.24) is 0 Å². The van der Waals surface area contributed by atoms with Crippen LogP contribution < -0.4 is 5.73 Å². The van der Waals surface area contributed by atoms with Gasteiger partial charge in [0.1, 0.15) is 0 Å². The zero-order chi connectivity index (χ0) is 17.1. The molecule has 0 amide bonds. The Kier molecular flexibility index (Phi) is 8.98. The Balaban J connectivity index is 0.000000313. The van der Waals surface area contributed by atoms with Crippen molar-refractivity contribution in [3.05, 3.63) is 35.9 Å². The number of hydrogen-bond donors (Lipinski definition) is 2. The number of ether oxygens (including phenoxy) is 1. The topological polar surface area (TPSA) is 89.6 Å². The normalized spacial score (nSPS) is 15.9. The molecule has 1 fully saturated rings. The molecule has 0 aromatic heterocycles. The zero-order valence-corrected chi connectivity index (χ0v) is 13.7. The molecule has 0 heterocycles. The van der Waals surface area contributed by atoms with E-state index in [1.807, 2.05) is 30.3 Å². The van der Waals surface area contributed by atoms with Crippen molar-refractivity contribution >= 4 is 11.9 Å². The van der Waals surface area contributed by atoms with Gasteiger partial charge < -0.3 is 15.6 Å². The smallest absolute Gasteiger partial charge is 0.309 e. The SMILES string of the molecule is COC(=O)[C@H](CC(=O)O)Cc1ccccc1.NC1CCCCC1. The second-order valence-corrected chi connectivity index (χ2v) is 5.91. The third-order valence-corrected chi connectivity index (χ3v) is 3.93. The van der Waals surface area contributed by atoms with Crippen molar-refractivity contribution in [2.24, 2.45) is 11.7 Å². The standard InChI is InChI=1S/C12H14O4.C6H13N/c1-16-12(15)10(8-11(13)14)7-9-5-3-2-4-6-9;7-6-4-2-1-3-5-6/h2-6,10H,7-8H2,1H3,(H,13,14);6H,1-5,7H2/t10-;/m0./s1. The van der Waals surface area contributed by atoms with Crippen LogP contribution in [0.1, 0.15) is 44.1 Å². The average molecular weight is 321 g/mol. The lowest BCUT2D eigenvalue weighted by Gasteiger charge is -2.15. The lowest BCUT2D eigenvalue weighted by Crippen LogP contribution is -2.22. The maximum atomic E-state index is 11.4. The summed E-state index contributed by atoms with van der Waals surface area (Å²) < 4.78 is 4.58. The van der Waals surface area contributed by atoms with Gasteiger partial charge in [0.2, 0.25) is 0 Å². The van der Waals surface area contributed by atoms with Crippen LogP contribution in [0.25, 0.3) is 0 Å². The molecule has 1 aromatic carbocycles. The summed E-state index contributed by atoms with van der Waals surface area (Å²) in [6.45, 7) is 0. The highest BCUT2D eigenvalue weighted by Crippen LogP contribution is 2.15. The summed E-state index contributed by atoms with van der Waals surface area (Å²) in [5, 5.41) is 8.70. The van der Waals surface area contributed by atoms with E-state index in [0.717, 1.165) is 5.56 Å². The number of nitrogens with two attached hydrogens (primary N) is 1. The van der Waals surface area contributed by atoms with Crippen LogP contribution in [0.5, 0.6) is 0 Å². The summed E-state index contributed by atoms with van der Waals surface area (Å²) in [5.74, 6) is -2.09. The van der Waals surface area contributed by atoms with E-state index in [4.69, 9.17) is 10.8 Å². The highest BCUT2D eigenvalue weighted by Gasteiger charge is 2.22. The van der Waals surface area contributed by atoms with Crippen LogP contribution in [0.3, 0.4) is 0 Å². The Labute approximate surface area is 137 Å².